The Labute approximate surface area is 184 Å². The summed E-state index contributed by atoms with van der Waals surface area (Å²) in [6.07, 6.45) is 1.79. The molecule has 6 N–H and O–H groups in total. The number of guanidine groups is 1. The summed E-state index contributed by atoms with van der Waals surface area (Å²) in [6, 6.07) is 6.12. The van der Waals surface area contributed by atoms with Crippen molar-refractivity contribution in [3.05, 3.63) is 46.3 Å². The minimum Gasteiger partial charge on any atom is -0.397 e. The van der Waals surface area contributed by atoms with Gasteiger partial charge in [0.15, 0.2) is 6.19 Å². The van der Waals surface area contributed by atoms with Crippen molar-refractivity contribution >= 4 is 23.3 Å². The molecule has 0 saturated carbocycles. The summed E-state index contributed by atoms with van der Waals surface area (Å²) in [5, 5.41) is 23.7. The number of nitriles is 2. The van der Waals surface area contributed by atoms with Crippen LogP contribution in [-0.2, 0) is 6.54 Å². The van der Waals surface area contributed by atoms with Crippen LogP contribution in [0.2, 0.25) is 0 Å². The van der Waals surface area contributed by atoms with Crippen LogP contribution >= 0.6 is 0 Å². The number of halogens is 1. The van der Waals surface area contributed by atoms with Crippen LogP contribution in [0.1, 0.15) is 28.3 Å². The van der Waals surface area contributed by atoms with Gasteiger partial charge in [-0.2, -0.15) is 10.5 Å². The average molecular weight is 434 g/mol. The summed E-state index contributed by atoms with van der Waals surface area (Å²) in [5.74, 6) is -0.00232. The molecule has 1 aromatic carbocycles. The lowest BCUT2D eigenvalue weighted by atomic mass is 9.94. The van der Waals surface area contributed by atoms with Crippen LogP contribution in [0.5, 0.6) is 0 Å². The predicted octanol–water partition coefficient (Wildman–Crippen LogP) is 0.946. The van der Waals surface area contributed by atoms with Crippen LogP contribution in [0.15, 0.2) is 23.2 Å². The van der Waals surface area contributed by atoms with Crippen molar-refractivity contribution in [3.63, 3.8) is 0 Å². The fourth-order valence-electron chi connectivity index (χ4n) is 3.93. The highest BCUT2D eigenvalue weighted by molar-refractivity contribution is 5.98. The van der Waals surface area contributed by atoms with Crippen molar-refractivity contribution in [3.8, 4) is 12.3 Å². The van der Waals surface area contributed by atoms with Gasteiger partial charge >= 0.3 is 0 Å². The highest BCUT2D eigenvalue weighted by Gasteiger charge is 2.30. The third-order valence-electron chi connectivity index (χ3n) is 5.74. The number of hydrogen-bond donors (Lipinski definition) is 4. The van der Waals surface area contributed by atoms with E-state index in [2.05, 4.69) is 37.5 Å². The molecule has 2 aliphatic heterocycles. The van der Waals surface area contributed by atoms with E-state index in [1.807, 2.05) is 6.07 Å². The van der Waals surface area contributed by atoms with Crippen LogP contribution in [-0.4, -0.2) is 54.0 Å². The van der Waals surface area contributed by atoms with E-state index in [1.54, 1.807) is 18.3 Å². The van der Waals surface area contributed by atoms with Crippen molar-refractivity contribution in [1.82, 2.24) is 20.1 Å². The van der Waals surface area contributed by atoms with Crippen molar-refractivity contribution in [2.75, 3.05) is 50.0 Å². The van der Waals surface area contributed by atoms with Crippen LogP contribution in [0, 0.1) is 28.6 Å². The molecule has 1 fully saturated rings. The smallest absolute Gasteiger partial charge is 0.211 e. The van der Waals surface area contributed by atoms with Crippen LogP contribution in [0.25, 0.3) is 0 Å². The summed E-state index contributed by atoms with van der Waals surface area (Å²) < 4.78 is 15.1. The molecular weight excluding hydrogens is 411 g/mol. The number of nitrogens with two attached hydrogens (primary N) is 2. The Hall–Kier alpha value is -3.93. The summed E-state index contributed by atoms with van der Waals surface area (Å²) in [7, 11) is 2.07. The maximum Gasteiger partial charge on any atom is 0.211 e. The molecule has 1 saturated heterocycles. The monoisotopic (exact) mass is 434 g/mol. The number of pyridine rings is 1. The molecule has 3 heterocycles. The number of nitrogens with one attached hydrogen (secondary N) is 2. The third-order valence-corrected chi connectivity index (χ3v) is 5.74. The number of aliphatic imine (C=N–C) groups is 1. The topological polar surface area (TPSA) is 155 Å². The first-order chi connectivity index (χ1) is 15.4. The van der Waals surface area contributed by atoms with E-state index in [0.29, 0.717) is 23.2 Å². The van der Waals surface area contributed by atoms with Crippen LogP contribution < -0.4 is 22.1 Å². The van der Waals surface area contributed by atoms with Gasteiger partial charge in [0.25, 0.3) is 0 Å². The number of rotatable bonds is 3. The Kier molecular flexibility index (Phi) is 5.77. The fourth-order valence-corrected chi connectivity index (χ4v) is 3.93. The van der Waals surface area contributed by atoms with Gasteiger partial charge in [0.1, 0.15) is 35.1 Å². The third kappa shape index (κ3) is 3.99. The summed E-state index contributed by atoms with van der Waals surface area (Å²) >= 11 is 0. The van der Waals surface area contributed by atoms with Gasteiger partial charge in [0.2, 0.25) is 5.96 Å². The number of benzene rings is 1. The standard InChI is InChI=1S/C21H23FN10/c1-31-4-6-32(7-5-31)10-13-3-2-12(8-15(13)22)18-16-17(25)14(9-23)19(26)29-20(16)30-21(28-18)27-11-24/h2-3,8,18H,4-7,10H2,1H3,(H6,25,26,27,28,29,30). The zero-order valence-corrected chi connectivity index (χ0v) is 17.6. The Balaban J connectivity index is 1.70. The number of piperazine rings is 1. The largest absolute Gasteiger partial charge is 0.397 e. The van der Waals surface area contributed by atoms with E-state index in [1.165, 1.54) is 6.07 Å². The first-order valence-electron chi connectivity index (χ1n) is 10.1. The highest BCUT2D eigenvalue weighted by atomic mass is 19.1. The fraction of sp³-hybridized carbons (Fsp3) is 0.333. The molecule has 0 aliphatic carbocycles. The zero-order chi connectivity index (χ0) is 22.8. The van der Waals surface area contributed by atoms with E-state index >= 15 is 4.39 Å². The van der Waals surface area contributed by atoms with Gasteiger partial charge in [-0.05, 0) is 18.7 Å². The number of nitrogens with zero attached hydrogens (tertiary/aromatic N) is 6. The predicted molar refractivity (Wildman–Crippen MR) is 119 cm³/mol. The molecule has 1 aromatic heterocycles. The zero-order valence-electron chi connectivity index (χ0n) is 17.6. The van der Waals surface area contributed by atoms with Crippen molar-refractivity contribution in [1.29, 1.82) is 10.5 Å². The molecule has 2 aromatic rings. The molecule has 2 aliphatic rings. The Morgan fingerprint density at radius 3 is 2.66 bits per heavy atom. The molecule has 4 rings (SSSR count). The second-order valence-corrected chi connectivity index (χ2v) is 7.83. The average Bonchev–Trinajstić information content (AvgIpc) is 2.76. The maximum absolute atomic E-state index is 15.1. The number of anilines is 3. The van der Waals surface area contributed by atoms with E-state index in [0.717, 1.165) is 26.2 Å². The molecule has 0 bridgehead atoms. The summed E-state index contributed by atoms with van der Waals surface area (Å²) in [6.45, 7) is 4.18. The Morgan fingerprint density at radius 2 is 2.00 bits per heavy atom. The van der Waals surface area contributed by atoms with Crippen LogP contribution in [0.4, 0.5) is 21.7 Å². The lowest BCUT2D eigenvalue weighted by Gasteiger charge is -2.32. The summed E-state index contributed by atoms with van der Waals surface area (Å²) in [4.78, 5) is 13.1. The van der Waals surface area contributed by atoms with Crippen molar-refractivity contribution in [2.24, 2.45) is 4.99 Å². The SMILES string of the molecule is CN1CCN(Cc2ccc(C3N=C(NC#N)Nc4nc(N)c(C#N)c(N)c43)cc2F)CC1. The molecule has 0 spiro atoms. The second kappa shape index (κ2) is 8.67. The number of likely N-dealkylation sites (N-methyl/N-ethyl adjacent to an activating group) is 1. The molecule has 0 amide bonds. The van der Waals surface area contributed by atoms with E-state index in [-0.39, 0.29) is 34.7 Å². The number of nitrogen functional groups attached to an aromatic ring is 2. The minimum absolute atomic E-state index is 0.0367. The maximum atomic E-state index is 15.1. The molecule has 10 nitrogen and oxygen atoms in total. The highest BCUT2D eigenvalue weighted by Crippen LogP contribution is 2.40. The molecule has 1 unspecified atom stereocenters. The quantitative estimate of drug-likeness (QED) is 0.408. The van der Waals surface area contributed by atoms with Gasteiger partial charge in [-0.15, -0.1) is 0 Å². The Bertz CT molecular complexity index is 1150. The van der Waals surface area contributed by atoms with Gasteiger partial charge in [-0.3, -0.25) is 10.2 Å². The van der Waals surface area contributed by atoms with Gasteiger partial charge < -0.3 is 21.7 Å². The molecule has 1 atom stereocenters. The lowest BCUT2D eigenvalue weighted by Crippen LogP contribution is -2.44. The van der Waals surface area contributed by atoms with Gasteiger partial charge in [0, 0.05) is 43.9 Å². The van der Waals surface area contributed by atoms with Gasteiger partial charge in [0.05, 0.1) is 5.69 Å². The molecule has 164 valence electrons. The Morgan fingerprint density at radius 1 is 1.25 bits per heavy atom. The second-order valence-electron chi connectivity index (χ2n) is 7.83. The minimum atomic E-state index is -0.769. The van der Waals surface area contributed by atoms with Gasteiger partial charge in [-0.1, -0.05) is 12.1 Å². The number of fused-ring (bicyclic) bond motifs is 1. The van der Waals surface area contributed by atoms with Crippen LogP contribution in [0.3, 0.4) is 0 Å². The van der Waals surface area contributed by atoms with E-state index in [4.69, 9.17) is 16.7 Å². The molecular formula is C21H23FN10. The number of hydrogen-bond acceptors (Lipinski definition) is 10. The summed E-state index contributed by atoms with van der Waals surface area (Å²) in [5.41, 5.74) is 13.8. The van der Waals surface area contributed by atoms with E-state index in [9.17, 15) is 5.26 Å². The first-order valence-corrected chi connectivity index (χ1v) is 10.1. The van der Waals surface area contributed by atoms with Crippen molar-refractivity contribution < 1.29 is 4.39 Å². The first kappa shape index (κ1) is 21.3. The number of aromatic nitrogens is 1. The normalized spacial score (nSPS) is 18.6. The van der Waals surface area contributed by atoms with E-state index < -0.39 is 6.04 Å². The lowest BCUT2D eigenvalue weighted by molar-refractivity contribution is 0.147. The van der Waals surface area contributed by atoms with Gasteiger partial charge in [-0.25, -0.2) is 14.4 Å². The molecule has 32 heavy (non-hydrogen) atoms. The van der Waals surface area contributed by atoms with Crippen molar-refractivity contribution in [2.45, 2.75) is 12.6 Å². The molecule has 0 radical (unpaired) electrons. The molecule has 11 heteroatoms.